The Morgan fingerprint density at radius 1 is 1.43 bits per heavy atom. The van der Waals surface area contributed by atoms with Crippen LogP contribution in [-0.2, 0) is 17.9 Å². The Hall–Kier alpha value is -1.61. The number of thioether (sulfide) groups is 1. The zero-order valence-corrected chi connectivity index (χ0v) is 18.1. The molecular weight excluding hydrogens is 396 g/mol. The Kier molecular flexibility index (Phi) is 7.34. The predicted octanol–water partition coefficient (Wildman–Crippen LogP) is 4.14. The van der Waals surface area contributed by atoms with Crippen LogP contribution in [0.2, 0.25) is 0 Å². The van der Waals surface area contributed by atoms with E-state index in [1.165, 1.54) is 11.8 Å². The minimum atomic E-state index is -0.654. The second-order valence-electron chi connectivity index (χ2n) is 6.73. The first-order valence-electron chi connectivity index (χ1n) is 9.42. The summed E-state index contributed by atoms with van der Waals surface area (Å²) >= 11 is 2.95. The molecule has 0 bridgehead atoms. The Bertz CT molecular complexity index is 963. The summed E-state index contributed by atoms with van der Waals surface area (Å²) in [6.45, 7) is 7.27. The van der Waals surface area contributed by atoms with Crippen LogP contribution >= 0.6 is 23.1 Å². The van der Waals surface area contributed by atoms with Gasteiger partial charge in [0, 0.05) is 17.2 Å². The van der Waals surface area contributed by atoms with Gasteiger partial charge in [0.15, 0.2) is 5.16 Å². The number of hydrogen-bond donors (Lipinski definition) is 1. The SMILES string of the molecule is CCCCn1c(SCC(O)COCc2ccco2)nc2sc(C)c(C)c2c1=O. The zero-order chi connectivity index (χ0) is 20.1. The summed E-state index contributed by atoms with van der Waals surface area (Å²) in [7, 11) is 0. The Labute approximate surface area is 172 Å². The summed E-state index contributed by atoms with van der Waals surface area (Å²) in [4.78, 5) is 19.7. The van der Waals surface area contributed by atoms with Crippen LogP contribution in [0.3, 0.4) is 0 Å². The number of aromatic nitrogens is 2. The highest BCUT2D eigenvalue weighted by molar-refractivity contribution is 7.99. The molecule has 0 aliphatic rings. The fraction of sp³-hybridized carbons (Fsp3) is 0.500. The molecule has 0 radical (unpaired) electrons. The van der Waals surface area contributed by atoms with Crippen LogP contribution in [0, 0.1) is 13.8 Å². The Balaban J connectivity index is 1.70. The zero-order valence-electron chi connectivity index (χ0n) is 16.4. The van der Waals surface area contributed by atoms with Crippen molar-refractivity contribution in [3.8, 4) is 0 Å². The highest BCUT2D eigenvalue weighted by Gasteiger charge is 2.17. The standard InChI is InChI=1S/C20H26N2O4S2/c1-4-5-8-22-19(24)17-13(2)14(3)28-18(17)21-20(22)27-12-15(23)10-25-11-16-7-6-9-26-16/h6-7,9,15,23H,4-5,8,10-12H2,1-3H3. The molecule has 8 heteroatoms. The van der Waals surface area contributed by atoms with Crippen LogP contribution in [0.5, 0.6) is 0 Å². The van der Waals surface area contributed by atoms with Gasteiger partial charge >= 0.3 is 0 Å². The lowest BCUT2D eigenvalue weighted by molar-refractivity contribution is 0.0328. The summed E-state index contributed by atoms with van der Waals surface area (Å²) in [5.41, 5.74) is 1.04. The summed E-state index contributed by atoms with van der Waals surface area (Å²) in [5.74, 6) is 1.13. The molecule has 0 saturated heterocycles. The van der Waals surface area contributed by atoms with Gasteiger partial charge in [0.05, 0.1) is 24.4 Å². The first-order chi connectivity index (χ1) is 13.5. The van der Waals surface area contributed by atoms with Crippen molar-refractivity contribution < 1.29 is 14.3 Å². The molecule has 3 aromatic heterocycles. The van der Waals surface area contributed by atoms with E-state index in [1.807, 2.05) is 19.9 Å². The second kappa shape index (κ2) is 9.73. The quantitative estimate of drug-likeness (QED) is 0.391. The second-order valence-corrected chi connectivity index (χ2v) is 8.92. The minimum absolute atomic E-state index is 0.0198. The van der Waals surface area contributed by atoms with E-state index in [4.69, 9.17) is 14.1 Å². The summed E-state index contributed by atoms with van der Waals surface area (Å²) in [5, 5.41) is 11.6. The largest absolute Gasteiger partial charge is 0.467 e. The first kappa shape index (κ1) is 21.1. The summed E-state index contributed by atoms with van der Waals surface area (Å²) in [6, 6.07) is 3.63. The lowest BCUT2D eigenvalue weighted by Gasteiger charge is -2.14. The number of furan rings is 1. The number of ether oxygens (including phenoxy) is 1. The predicted molar refractivity (Wildman–Crippen MR) is 113 cm³/mol. The summed E-state index contributed by atoms with van der Waals surface area (Å²) in [6.07, 6.45) is 2.85. The third-order valence-corrected chi connectivity index (χ3v) is 6.75. The molecule has 0 aromatic carbocycles. The Morgan fingerprint density at radius 3 is 2.96 bits per heavy atom. The number of nitrogens with zero attached hydrogens (tertiary/aromatic N) is 2. The van der Waals surface area contributed by atoms with E-state index in [9.17, 15) is 9.90 Å². The molecule has 0 amide bonds. The van der Waals surface area contributed by atoms with Gasteiger partial charge in [-0.25, -0.2) is 4.98 Å². The van der Waals surface area contributed by atoms with Gasteiger partial charge < -0.3 is 14.3 Å². The fourth-order valence-electron chi connectivity index (χ4n) is 2.84. The van der Waals surface area contributed by atoms with E-state index >= 15 is 0 Å². The van der Waals surface area contributed by atoms with Crippen LogP contribution in [0.4, 0.5) is 0 Å². The minimum Gasteiger partial charge on any atom is -0.467 e. The van der Waals surface area contributed by atoms with Crippen molar-refractivity contribution in [2.24, 2.45) is 0 Å². The van der Waals surface area contributed by atoms with E-state index < -0.39 is 6.10 Å². The number of aliphatic hydroxyl groups is 1. The Morgan fingerprint density at radius 2 is 2.25 bits per heavy atom. The van der Waals surface area contributed by atoms with Crippen molar-refractivity contribution in [2.45, 2.75) is 58.0 Å². The van der Waals surface area contributed by atoms with Gasteiger partial charge in [-0.05, 0) is 38.0 Å². The van der Waals surface area contributed by atoms with E-state index in [0.717, 1.165) is 39.3 Å². The number of unbranched alkanes of at least 4 members (excludes halogenated alkanes) is 1. The normalized spacial score (nSPS) is 12.7. The number of fused-ring (bicyclic) bond motifs is 1. The number of rotatable bonds is 10. The maximum atomic E-state index is 13.1. The van der Waals surface area contributed by atoms with E-state index in [1.54, 1.807) is 28.2 Å². The van der Waals surface area contributed by atoms with Crippen LogP contribution in [0.15, 0.2) is 32.8 Å². The van der Waals surface area contributed by atoms with Crippen molar-refractivity contribution in [1.82, 2.24) is 9.55 Å². The molecule has 0 aliphatic heterocycles. The van der Waals surface area contributed by atoms with Gasteiger partial charge in [-0.3, -0.25) is 9.36 Å². The molecule has 3 heterocycles. The molecule has 0 saturated carbocycles. The van der Waals surface area contributed by atoms with Gasteiger partial charge in [0.2, 0.25) is 0 Å². The fourth-order valence-corrected chi connectivity index (χ4v) is 4.84. The van der Waals surface area contributed by atoms with Crippen molar-refractivity contribution >= 4 is 33.3 Å². The topological polar surface area (TPSA) is 77.5 Å². The first-order valence-corrected chi connectivity index (χ1v) is 11.2. The van der Waals surface area contributed by atoms with Crippen molar-refractivity contribution in [1.29, 1.82) is 0 Å². The van der Waals surface area contributed by atoms with Crippen LogP contribution < -0.4 is 5.56 Å². The molecule has 152 valence electrons. The molecule has 3 aromatic rings. The molecular formula is C20H26N2O4S2. The molecule has 0 aliphatic carbocycles. The van der Waals surface area contributed by atoms with E-state index in [2.05, 4.69) is 6.92 Å². The van der Waals surface area contributed by atoms with Crippen molar-refractivity contribution in [3.63, 3.8) is 0 Å². The van der Waals surface area contributed by atoms with Crippen LogP contribution in [-0.4, -0.2) is 33.1 Å². The van der Waals surface area contributed by atoms with E-state index in [-0.39, 0.29) is 12.2 Å². The third-order valence-electron chi connectivity index (χ3n) is 4.53. The number of aliphatic hydroxyl groups excluding tert-OH is 1. The molecule has 6 nitrogen and oxygen atoms in total. The number of hydrogen-bond acceptors (Lipinski definition) is 7. The molecule has 0 spiro atoms. The van der Waals surface area contributed by atoms with Crippen molar-refractivity contribution in [3.05, 3.63) is 45.0 Å². The maximum absolute atomic E-state index is 13.1. The average molecular weight is 423 g/mol. The summed E-state index contributed by atoms with van der Waals surface area (Å²) < 4.78 is 12.5. The van der Waals surface area contributed by atoms with Gasteiger partial charge in [-0.1, -0.05) is 25.1 Å². The average Bonchev–Trinajstić information content (AvgIpc) is 3.28. The molecule has 28 heavy (non-hydrogen) atoms. The van der Waals surface area contributed by atoms with E-state index in [0.29, 0.717) is 24.1 Å². The van der Waals surface area contributed by atoms with Gasteiger partial charge in [0.1, 0.15) is 17.2 Å². The lowest BCUT2D eigenvalue weighted by Crippen LogP contribution is -2.25. The van der Waals surface area contributed by atoms with Gasteiger partial charge in [0.25, 0.3) is 5.56 Å². The van der Waals surface area contributed by atoms with Gasteiger partial charge in [-0.15, -0.1) is 11.3 Å². The number of aryl methyl sites for hydroxylation is 2. The molecule has 0 fully saturated rings. The third kappa shape index (κ3) is 4.86. The molecule has 1 N–H and O–H groups in total. The molecule has 1 unspecified atom stereocenters. The monoisotopic (exact) mass is 422 g/mol. The highest BCUT2D eigenvalue weighted by Crippen LogP contribution is 2.28. The maximum Gasteiger partial charge on any atom is 0.263 e. The van der Waals surface area contributed by atoms with Crippen molar-refractivity contribution in [2.75, 3.05) is 12.4 Å². The van der Waals surface area contributed by atoms with Crippen LogP contribution in [0.25, 0.3) is 10.2 Å². The molecule has 1 atom stereocenters. The number of thiophene rings is 1. The lowest BCUT2D eigenvalue weighted by atomic mass is 10.2. The van der Waals surface area contributed by atoms with Crippen LogP contribution in [0.1, 0.15) is 36.0 Å². The smallest absolute Gasteiger partial charge is 0.263 e. The highest BCUT2D eigenvalue weighted by atomic mass is 32.2. The molecule has 3 rings (SSSR count). The van der Waals surface area contributed by atoms with Gasteiger partial charge in [-0.2, -0.15) is 0 Å².